The second-order valence-electron chi connectivity index (χ2n) is 5.88. The summed E-state index contributed by atoms with van der Waals surface area (Å²) in [5.74, 6) is 0.441. The van der Waals surface area contributed by atoms with E-state index in [-0.39, 0.29) is 5.82 Å². The zero-order valence-electron chi connectivity index (χ0n) is 14.0. The van der Waals surface area contributed by atoms with Crippen molar-refractivity contribution in [1.29, 1.82) is 0 Å². The quantitative estimate of drug-likeness (QED) is 0.442. The van der Waals surface area contributed by atoms with Crippen LogP contribution in [0.4, 0.5) is 26.5 Å². The molecule has 2 heterocycles. The van der Waals surface area contributed by atoms with Crippen LogP contribution < -0.4 is 16.4 Å². The fourth-order valence-electron chi connectivity index (χ4n) is 2.70. The van der Waals surface area contributed by atoms with Crippen molar-refractivity contribution in [2.45, 2.75) is 0 Å². The van der Waals surface area contributed by atoms with Crippen molar-refractivity contribution < 1.29 is 9.18 Å². The maximum absolute atomic E-state index is 12.9. The minimum atomic E-state index is -0.471. The van der Waals surface area contributed by atoms with Crippen molar-refractivity contribution in [1.82, 2.24) is 15.2 Å². The number of urea groups is 1. The number of carbonyl (C=O) groups is 1. The van der Waals surface area contributed by atoms with Crippen LogP contribution in [0.5, 0.6) is 0 Å². The van der Waals surface area contributed by atoms with Gasteiger partial charge < -0.3 is 11.1 Å². The molecule has 0 bridgehead atoms. The van der Waals surface area contributed by atoms with Crippen LogP contribution in [-0.2, 0) is 0 Å². The summed E-state index contributed by atoms with van der Waals surface area (Å²) in [5.41, 5.74) is 8.97. The number of nitrogens with one attached hydrogen (secondary N) is 3. The zero-order chi connectivity index (χ0) is 18.8. The normalized spacial score (nSPS) is 10.7. The van der Waals surface area contributed by atoms with Crippen molar-refractivity contribution in [2.75, 3.05) is 16.4 Å². The number of H-pyrrole nitrogens is 1. The molecule has 0 aliphatic carbocycles. The third-order valence-electron chi connectivity index (χ3n) is 4.03. The van der Waals surface area contributed by atoms with Crippen LogP contribution in [0.1, 0.15) is 0 Å². The molecule has 0 spiro atoms. The van der Waals surface area contributed by atoms with E-state index < -0.39 is 6.03 Å². The summed E-state index contributed by atoms with van der Waals surface area (Å²) in [7, 11) is 0. The first-order valence-electron chi connectivity index (χ1n) is 8.12. The fraction of sp³-hybridized carbons (Fsp3) is 0. The summed E-state index contributed by atoms with van der Waals surface area (Å²) in [4.78, 5) is 16.3. The number of anilines is 3. The molecular weight excluding hydrogens is 347 g/mol. The van der Waals surface area contributed by atoms with E-state index in [4.69, 9.17) is 5.73 Å². The Hall–Kier alpha value is -3.94. The number of rotatable bonds is 3. The number of aromatic nitrogens is 3. The fourth-order valence-corrected chi connectivity index (χ4v) is 2.70. The van der Waals surface area contributed by atoms with Gasteiger partial charge in [0, 0.05) is 17.3 Å². The molecule has 0 aliphatic heterocycles. The molecule has 0 radical (unpaired) electrons. The summed E-state index contributed by atoms with van der Waals surface area (Å²) in [6.07, 6.45) is 1.60. The number of aromatic amines is 1. The van der Waals surface area contributed by atoms with Crippen molar-refractivity contribution in [3.63, 3.8) is 0 Å². The predicted octanol–water partition coefficient (Wildman–Crippen LogP) is 3.99. The smallest absolute Gasteiger partial charge is 0.324 e. The lowest BCUT2D eigenvalue weighted by Gasteiger charge is -2.09. The molecule has 7 nitrogen and oxygen atoms in total. The molecule has 0 aliphatic rings. The molecule has 5 N–H and O–H groups in total. The van der Waals surface area contributed by atoms with Gasteiger partial charge in [-0.2, -0.15) is 5.10 Å². The van der Waals surface area contributed by atoms with Crippen molar-refractivity contribution >= 4 is 34.3 Å². The van der Waals surface area contributed by atoms with Gasteiger partial charge >= 0.3 is 6.03 Å². The molecule has 0 unspecified atom stereocenters. The zero-order valence-corrected chi connectivity index (χ0v) is 14.0. The second kappa shape index (κ2) is 6.75. The van der Waals surface area contributed by atoms with Crippen LogP contribution in [0.25, 0.3) is 22.0 Å². The van der Waals surface area contributed by atoms with Crippen LogP contribution in [0.15, 0.2) is 60.8 Å². The van der Waals surface area contributed by atoms with Crippen LogP contribution in [0.2, 0.25) is 0 Å². The van der Waals surface area contributed by atoms with Gasteiger partial charge in [-0.15, -0.1) is 0 Å². The Morgan fingerprint density at radius 2 is 1.78 bits per heavy atom. The summed E-state index contributed by atoms with van der Waals surface area (Å²) < 4.78 is 12.9. The molecular formula is C19H15FN6O. The Morgan fingerprint density at radius 3 is 2.59 bits per heavy atom. The molecule has 0 fully saturated rings. The van der Waals surface area contributed by atoms with Crippen molar-refractivity contribution in [3.8, 4) is 11.1 Å². The topological polar surface area (TPSA) is 109 Å². The number of pyridine rings is 1. The Bertz CT molecular complexity index is 1120. The number of nitrogen functional groups attached to an aromatic ring is 1. The molecule has 8 heteroatoms. The molecule has 4 rings (SSSR count). The van der Waals surface area contributed by atoms with E-state index in [1.165, 1.54) is 24.3 Å². The number of fused-ring (bicyclic) bond motifs is 1. The van der Waals surface area contributed by atoms with E-state index in [9.17, 15) is 9.18 Å². The Morgan fingerprint density at radius 1 is 1.00 bits per heavy atom. The molecule has 2 amide bonds. The van der Waals surface area contributed by atoms with Gasteiger partial charge in [-0.05, 0) is 59.7 Å². The molecule has 0 saturated heterocycles. The number of halogens is 1. The highest BCUT2D eigenvalue weighted by Gasteiger charge is 2.08. The third kappa shape index (κ3) is 3.54. The van der Waals surface area contributed by atoms with Gasteiger partial charge in [-0.3, -0.25) is 10.4 Å². The van der Waals surface area contributed by atoms with Crippen LogP contribution >= 0.6 is 0 Å². The van der Waals surface area contributed by atoms with Gasteiger partial charge in [-0.25, -0.2) is 14.2 Å². The van der Waals surface area contributed by atoms with Crippen LogP contribution in [0.3, 0.4) is 0 Å². The van der Waals surface area contributed by atoms with Gasteiger partial charge in [0.1, 0.15) is 11.6 Å². The van der Waals surface area contributed by atoms with Gasteiger partial charge in [0.15, 0.2) is 5.82 Å². The summed E-state index contributed by atoms with van der Waals surface area (Å²) >= 11 is 0. The van der Waals surface area contributed by atoms with Crippen molar-refractivity contribution in [2.24, 2.45) is 0 Å². The first-order chi connectivity index (χ1) is 13.1. The highest BCUT2D eigenvalue weighted by atomic mass is 19.1. The van der Waals surface area contributed by atoms with E-state index in [0.29, 0.717) is 17.3 Å². The number of nitrogens with zero attached hydrogens (tertiary/aromatic N) is 2. The van der Waals surface area contributed by atoms with Crippen LogP contribution in [-0.4, -0.2) is 21.2 Å². The Labute approximate surface area is 153 Å². The number of nitrogens with two attached hydrogens (primary N) is 1. The minimum absolute atomic E-state index is 0.370. The average molecular weight is 362 g/mol. The van der Waals surface area contributed by atoms with E-state index in [2.05, 4.69) is 25.8 Å². The Balaban J connectivity index is 1.53. The summed E-state index contributed by atoms with van der Waals surface area (Å²) in [5, 5.41) is 12.9. The van der Waals surface area contributed by atoms with Crippen molar-refractivity contribution in [3.05, 3.63) is 66.6 Å². The van der Waals surface area contributed by atoms with E-state index in [1.54, 1.807) is 12.3 Å². The molecule has 134 valence electrons. The number of hydrogen-bond acceptors (Lipinski definition) is 4. The third-order valence-corrected chi connectivity index (χ3v) is 4.03. The lowest BCUT2D eigenvalue weighted by molar-refractivity contribution is 0.262. The highest BCUT2D eigenvalue weighted by Crippen LogP contribution is 2.27. The highest BCUT2D eigenvalue weighted by molar-refractivity contribution is 5.99. The maximum atomic E-state index is 12.9. The average Bonchev–Trinajstić information content (AvgIpc) is 3.04. The number of hydrogen-bond donors (Lipinski definition) is 4. The SMILES string of the molecule is Nc1n[nH]c2ccc(-c3ccnc(NC(=O)Nc4ccc(F)cc4)c3)cc12. The molecule has 0 atom stereocenters. The van der Waals surface area contributed by atoms with E-state index >= 15 is 0 Å². The largest absolute Gasteiger partial charge is 0.382 e. The Kier molecular flexibility index (Phi) is 4.13. The second-order valence-corrected chi connectivity index (χ2v) is 5.88. The number of benzene rings is 2. The molecule has 0 saturated carbocycles. The summed E-state index contributed by atoms with van der Waals surface area (Å²) in [6.45, 7) is 0. The number of carbonyl (C=O) groups excluding carboxylic acids is 1. The lowest BCUT2D eigenvalue weighted by Crippen LogP contribution is -2.20. The van der Waals surface area contributed by atoms with Gasteiger partial charge in [-0.1, -0.05) is 6.07 Å². The van der Waals surface area contributed by atoms with Gasteiger partial charge in [0.05, 0.1) is 5.52 Å². The standard InChI is InChI=1S/C19H15FN6O/c20-13-2-4-14(5-3-13)23-19(27)24-17-10-12(7-8-22-17)11-1-6-16-15(9-11)18(21)26-25-16/h1-10H,(H3,21,25,26)(H2,22,23,24,27). The monoisotopic (exact) mass is 362 g/mol. The van der Waals surface area contributed by atoms with Crippen LogP contribution in [0, 0.1) is 5.82 Å². The molecule has 2 aromatic heterocycles. The van der Waals surface area contributed by atoms with E-state index in [1.807, 2.05) is 24.3 Å². The van der Waals surface area contributed by atoms with E-state index in [0.717, 1.165) is 22.0 Å². The minimum Gasteiger partial charge on any atom is -0.382 e. The first kappa shape index (κ1) is 16.5. The van der Waals surface area contributed by atoms with Gasteiger partial charge in [0.2, 0.25) is 0 Å². The summed E-state index contributed by atoms with van der Waals surface area (Å²) in [6, 6.07) is 14.3. The first-order valence-corrected chi connectivity index (χ1v) is 8.12. The molecule has 4 aromatic rings. The lowest BCUT2D eigenvalue weighted by atomic mass is 10.0. The van der Waals surface area contributed by atoms with Gasteiger partial charge in [0.25, 0.3) is 0 Å². The predicted molar refractivity (Wildman–Crippen MR) is 103 cm³/mol. The maximum Gasteiger partial charge on any atom is 0.324 e. The number of amides is 2. The molecule has 2 aromatic carbocycles. The molecule has 27 heavy (non-hydrogen) atoms.